The summed E-state index contributed by atoms with van der Waals surface area (Å²) < 4.78 is 5.13. The van der Waals surface area contributed by atoms with E-state index < -0.39 is 0 Å². The van der Waals surface area contributed by atoms with Crippen molar-refractivity contribution in [2.24, 2.45) is 0 Å². The third-order valence-electron chi connectivity index (χ3n) is 1.80. The van der Waals surface area contributed by atoms with Crippen molar-refractivity contribution in [2.45, 2.75) is 31.0 Å². The van der Waals surface area contributed by atoms with Crippen LogP contribution in [0.2, 0.25) is 0 Å². The summed E-state index contributed by atoms with van der Waals surface area (Å²) in [7, 11) is 1.71. The topological polar surface area (TPSA) is 22.1 Å². The second-order valence-corrected chi connectivity index (χ2v) is 5.93. The molecule has 0 atom stereocenters. The zero-order valence-corrected chi connectivity index (χ0v) is 12.3. The minimum absolute atomic E-state index is 0.621. The molecule has 0 N–H and O–H groups in total. The van der Waals surface area contributed by atoms with E-state index in [9.17, 15) is 0 Å². The van der Waals surface area contributed by atoms with Crippen LogP contribution in [-0.2, 0) is 22.4 Å². The number of aromatic nitrogens is 1. The maximum atomic E-state index is 5.13. The third-order valence-corrected chi connectivity index (χ3v) is 5.19. The molecule has 1 rings (SSSR count). The van der Waals surface area contributed by atoms with Crippen molar-refractivity contribution in [3.05, 3.63) is 15.6 Å². The van der Waals surface area contributed by atoms with Gasteiger partial charge in [0.15, 0.2) is 0 Å². The predicted octanol–water partition coefficient (Wildman–Crippen LogP) is 3.83. The van der Waals surface area contributed by atoms with Crippen LogP contribution in [0.5, 0.6) is 0 Å². The summed E-state index contributed by atoms with van der Waals surface area (Å²) in [5.41, 5.74) is 1.09. The summed E-state index contributed by atoms with van der Waals surface area (Å²) in [5, 5.41) is 2.09. The summed E-state index contributed by atoms with van der Waals surface area (Å²) in [6.45, 7) is 2.82. The zero-order chi connectivity index (χ0) is 11.1. The minimum atomic E-state index is 0.621. The Balaban J connectivity index is 2.57. The fourth-order valence-electron chi connectivity index (χ4n) is 1.16. The number of hydrogen-bond acceptors (Lipinski definition) is 4. The molecule has 15 heavy (non-hydrogen) atoms. The van der Waals surface area contributed by atoms with Gasteiger partial charge in [0.25, 0.3) is 0 Å². The molecule has 0 fully saturated rings. The molecule has 1 aromatic heterocycles. The van der Waals surface area contributed by atoms with E-state index in [1.54, 1.807) is 18.4 Å². The average Bonchev–Trinajstić information content (AvgIpc) is 2.62. The van der Waals surface area contributed by atoms with E-state index in [2.05, 4.69) is 27.8 Å². The zero-order valence-electron chi connectivity index (χ0n) is 9.09. The van der Waals surface area contributed by atoms with Crippen LogP contribution >= 0.6 is 39.0 Å². The number of halogens is 1. The minimum Gasteiger partial charge on any atom is -0.378 e. The van der Waals surface area contributed by atoms with Crippen LogP contribution in [0, 0.1) is 0 Å². The molecule has 0 aliphatic carbocycles. The molecule has 0 radical (unpaired) electrons. The molecule has 2 nitrogen and oxygen atoms in total. The van der Waals surface area contributed by atoms with Gasteiger partial charge in [-0.15, -0.1) is 11.3 Å². The molecular weight excluding hydrogens is 294 g/mol. The maximum absolute atomic E-state index is 5.13. The van der Waals surface area contributed by atoms with Crippen LogP contribution in [0.3, 0.4) is 0 Å². The van der Waals surface area contributed by atoms with E-state index in [0.29, 0.717) is 6.61 Å². The Kier molecular flexibility index (Phi) is 6.88. The molecule has 0 spiro atoms. The number of methoxy groups -OCH3 is 1. The van der Waals surface area contributed by atoms with E-state index in [-0.39, 0.29) is 0 Å². The van der Waals surface area contributed by atoms with Gasteiger partial charge in [0, 0.05) is 23.1 Å². The van der Waals surface area contributed by atoms with Crippen LogP contribution < -0.4 is 0 Å². The predicted molar refractivity (Wildman–Crippen MR) is 71.9 cm³/mol. The van der Waals surface area contributed by atoms with Crippen LogP contribution in [0.15, 0.2) is 0 Å². The molecule has 0 bridgehead atoms. The standard InChI is InChI=1S/C10H16BrNOS2/c1-3-4-14-7-10-12-8(6-13-2)9(5-11)15-10/h3-7H2,1-2H3. The van der Waals surface area contributed by atoms with Gasteiger partial charge in [-0.05, 0) is 12.2 Å². The smallest absolute Gasteiger partial charge is 0.103 e. The van der Waals surface area contributed by atoms with Crippen molar-refractivity contribution in [1.82, 2.24) is 4.98 Å². The first-order valence-corrected chi connectivity index (χ1v) is 8.01. The second-order valence-electron chi connectivity index (χ2n) is 3.10. The number of thiazole rings is 1. The first kappa shape index (κ1) is 13.5. The number of nitrogens with zero attached hydrogens (tertiary/aromatic N) is 1. The molecule has 0 amide bonds. The van der Waals surface area contributed by atoms with Gasteiger partial charge in [-0.25, -0.2) is 4.98 Å². The number of ether oxygens (including phenoxy) is 1. The van der Waals surface area contributed by atoms with Crippen molar-refractivity contribution < 1.29 is 4.74 Å². The molecule has 0 saturated carbocycles. The molecule has 1 heterocycles. The lowest BCUT2D eigenvalue weighted by Crippen LogP contribution is -1.91. The molecule has 0 unspecified atom stereocenters. The van der Waals surface area contributed by atoms with Crippen molar-refractivity contribution in [1.29, 1.82) is 0 Å². The van der Waals surface area contributed by atoms with Gasteiger partial charge in [-0.2, -0.15) is 11.8 Å². The monoisotopic (exact) mass is 309 g/mol. The Morgan fingerprint density at radius 3 is 2.93 bits per heavy atom. The number of rotatable bonds is 7. The molecule has 5 heteroatoms. The van der Waals surface area contributed by atoms with E-state index in [1.807, 2.05) is 11.8 Å². The van der Waals surface area contributed by atoms with E-state index in [4.69, 9.17) is 4.74 Å². The summed E-state index contributed by atoms with van der Waals surface area (Å²) in [6, 6.07) is 0. The average molecular weight is 310 g/mol. The number of alkyl halides is 1. The van der Waals surface area contributed by atoms with Gasteiger partial charge in [-0.3, -0.25) is 0 Å². The summed E-state index contributed by atoms with van der Waals surface area (Å²) >= 11 is 7.22. The normalized spacial score (nSPS) is 10.9. The van der Waals surface area contributed by atoms with Crippen LogP contribution in [0.4, 0.5) is 0 Å². The highest BCUT2D eigenvalue weighted by Crippen LogP contribution is 2.25. The lowest BCUT2D eigenvalue weighted by molar-refractivity contribution is 0.181. The van der Waals surface area contributed by atoms with Crippen LogP contribution in [0.1, 0.15) is 28.9 Å². The van der Waals surface area contributed by atoms with Gasteiger partial charge in [0.2, 0.25) is 0 Å². The van der Waals surface area contributed by atoms with Gasteiger partial charge in [0.1, 0.15) is 5.01 Å². The fraction of sp³-hybridized carbons (Fsp3) is 0.700. The Hall–Kier alpha value is 0.420. The van der Waals surface area contributed by atoms with Crippen LogP contribution in [0.25, 0.3) is 0 Å². The van der Waals surface area contributed by atoms with Gasteiger partial charge < -0.3 is 4.74 Å². The van der Waals surface area contributed by atoms with Crippen molar-refractivity contribution in [2.75, 3.05) is 12.9 Å². The van der Waals surface area contributed by atoms with Gasteiger partial charge in [-0.1, -0.05) is 22.9 Å². The van der Waals surface area contributed by atoms with E-state index >= 15 is 0 Å². The van der Waals surface area contributed by atoms with Crippen molar-refractivity contribution in [3.63, 3.8) is 0 Å². The number of thioether (sulfide) groups is 1. The highest BCUT2D eigenvalue weighted by Gasteiger charge is 2.09. The molecule has 0 saturated heterocycles. The van der Waals surface area contributed by atoms with Crippen molar-refractivity contribution >= 4 is 39.0 Å². The highest BCUT2D eigenvalue weighted by atomic mass is 79.9. The lowest BCUT2D eigenvalue weighted by atomic mass is 10.4. The molecule has 86 valence electrons. The molecule has 0 aliphatic heterocycles. The number of hydrogen-bond donors (Lipinski definition) is 0. The highest BCUT2D eigenvalue weighted by molar-refractivity contribution is 9.08. The fourth-order valence-corrected chi connectivity index (χ4v) is 3.70. The summed E-state index contributed by atoms with van der Waals surface area (Å²) in [5.74, 6) is 2.24. The SMILES string of the molecule is CCCSCc1nc(COC)c(CBr)s1. The summed E-state index contributed by atoms with van der Waals surface area (Å²) in [6.07, 6.45) is 1.23. The third kappa shape index (κ3) is 4.43. The van der Waals surface area contributed by atoms with E-state index in [1.165, 1.54) is 22.1 Å². The maximum Gasteiger partial charge on any atom is 0.103 e. The first-order valence-electron chi connectivity index (χ1n) is 4.91. The first-order chi connectivity index (χ1) is 7.31. The van der Waals surface area contributed by atoms with Crippen LogP contribution in [-0.4, -0.2) is 17.8 Å². The Labute approximate surface area is 108 Å². The van der Waals surface area contributed by atoms with Crippen molar-refractivity contribution in [3.8, 4) is 0 Å². The summed E-state index contributed by atoms with van der Waals surface area (Å²) in [4.78, 5) is 5.88. The quantitative estimate of drug-likeness (QED) is 0.564. The molecule has 1 aromatic rings. The van der Waals surface area contributed by atoms with Gasteiger partial charge in [0.05, 0.1) is 12.3 Å². The Morgan fingerprint density at radius 2 is 2.33 bits per heavy atom. The molecule has 0 aliphatic rings. The largest absolute Gasteiger partial charge is 0.378 e. The van der Waals surface area contributed by atoms with Gasteiger partial charge >= 0.3 is 0 Å². The lowest BCUT2D eigenvalue weighted by Gasteiger charge is -1.95. The Morgan fingerprint density at radius 1 is 1.53 bits per heavy atom. The Bertz CT molecular complexity index is 291. The second kappa shape index (κ2) is 7.65. The van der Waals surface area contributed by atoms with E-state index in [0.717, 1.165) is 16.8 Å². The molecule has 0 aromatic carbocycles. The molecular formula is C10H16BrNOS2.